The number of hydrogen-bond donors (Lipinski definition) is 0. The summed E-state index contributed by atoms with van der Waals surface area (Å²) in [5.74, 6) is 0.299. The number of hydrogen-bond acceptors (Lipinski definition) is 3. The van der Waals surface area contributed by atoms with Crippen LogP contribution in [0.4, 0.5) is 0 Å². The van der Waals surface area contributed by atoms with E-state index in [2.05, 4.69) is 18.8 Å². The molecule has 0 aliphatic heterocycles. The topological polar surface area (TPSA) is 39.2 Å². The molecule has 0 saturated heterocycles. The van der Waals surface area contributed by atoms with E-state index in [1.807, 2.05) is 6.92 Å². The number of nitrogens with zero attached hydrogens (tertiary/aromatic N) is 1. The Hall–Kier alpha value is -1.38. The summed E-state index contributed by atoms with van der Waals surface area (Å²) in [4.78, 5) is 15.6. The molecule has 1 rings (SSSR count). The maximum Gasteiger partial charge on any atom is 0.357 e. The smallest absolute Gasteiger partial charge is 0.357 e. The highest BCUT2D eigenvalue weighted by Crippen LogP contribution is 2.10. The predicted molar refractivity (Wildman–Crippen MR) is 63.2 cm³/mol. The molecule has 3 nitrogen and oxygen atoms in total. The summed E-state index contributed by atoms with van der Waals surface area (Å²) in [5, 5.41) is 0. The fraction of sp³-hybridized carbons (Fsp3) is 0.538. The van der Waals surface area contributed by atoms with Gasteiger partial charge in [-0.3, -0.25) is 0 Å². The molecule has 88 valence electrons. The van der Waals surface area contributed by atoms with Crippen LogP contribution in [-0.2, 0) is 4.74 Å². The zero-order chi connectivity index (χ0) is 12.0. The number of esters is 1. The molecule has 0 fully saturated rings. The highest BCUT2D eigenvalue weighted by molar-refractivity contribution is 5.87. The van der Waals surface area contributed by atoms with E-state index in [0.717, 1.165) is 12.8 Å². The molecule has 1 unspecified atom stereocenters. The quantitative estimate of drug-likeness (QED) is 0.717. The van der Waals surface area contributed by atoms with E-state index in [1.54, 1.807) is 24.4 Å². The largest absolute Gasteiger partial charge is 0.458 e. The van der Waals surface area contributed by atoms with Gasteiger partial charge in [-0.05, 0) is 37.8 Å². The van der Waals surface area contributed by atoms with Crippen molar-refractivity contribution in [2.24, 2.45) is 5.92 Å². The van der Waals surface area contributed by atoms with Crippen molar-refractivity contribution in [2.45, 2.75) is 39.7 Å². The lowest BCUT2D eigenvalue weighted by atomic mass is 10.1. The van der Waals surface area contributed by atoms with Crippen LogP contribution in [0.25, 0.3) is 0 Å². The maximum atomic E-state index is 11.6. The van der Waals surface area contributed by atoms with E-state index in [1.165, 1.54) is 0 Å². The van der Waals surface area contributed by atoms with Crippen molar-refractivity contribution in [1.82, 2.24) is 4.98 Å². The minimum atomic E-state index is -0.336. The first-order chi connectivity index (χ1) is 7.59. The van der Waals surface area contributed by atoms with Crippen LogP contribution in [0.15, 0.2) is 24.4 Å². The van der Waals surface area contributed by atoms with Crippen LogP contribution in [0.2, 0.25) is 0 Å². The van der Waals surface area contributed by atoms with E-state index in [4.69, 9.17) is 4.74 Å². The first-order valence-electron chi connectivity index (χ1n) is 5.71. The van der Waals surface area contributed by atoms with Gasteiger partial charge < -0.3 is 4.74 Å². The molecule has 0 N–H and O–H groups in total. The predicted octanol–water partition coefficient (Wildman–Crippen LogP) is 3.06. The number of ether oxygens (including phenoxy) is 1. The highest BCUT2D eigenvalue weighted by Gasteiger charge is 2.12. The van der Waals surface area contributed by atoms with Crippen molar-refractivity contribution in [3.8, 4) is 0 Å². The number of carbonyl (C=O) groups is 1. The van der Waals surface area contributed by atoms with Crippen LogP contribution < -0.4 is 0 Å². The Morgan fingerprint density at radius 3 is 2.62 bits per heavy atom. The molecule has 1 heterocycles. The van der Waals surface area contributed by atoms with E-state index < -0.39 is 0 Å². The van der Waals surface area contributed by atoms with Crippen LogP contribution in [0, 0.1) is 5.92 Å². The van der Waals surface area contributed by atoms with Gasteiger partial charge in [0.1, 0.15) is 5.69 Å². The molecule has 0 spiro atoms. The number of carbonyl (C=O) groups excluding carboxylic acids is 1. The molecule has 0 aromatic carbocycles. The summed E-state index contributed by atoms with van der Waals surface area (Å²) in [6, 6.07) is 5.22. The molecule has 0 saturated carbocycles. The van der Waals surface area contributed by atoms with Gasteiger partial charge >= 0.3 is 5.97 Å². The van der Waals surface area contributed by atoms with Gasteiger partial charge in [0.2, 0.25) is 0 Å². The molecule has 16 heavy (non-hydrogen) atoms. The zero-order valence-corrected chi connectivity index (χ0v) is 10.1. The molecular weight excluding hydrogens is 202 g/mol. The third kappa shape index (κ3) is 4.43. The molecule has 0 aliphatic carbocycles. The third-order valence-corrected chi connectivity index (χ3v) is 2.33. The van der Waals surface area contributed by atoms with Gasteiger partial charge in [0, 0.05) is 6.20 Å². The van der Waals surface area contributed by atoms with Gasteiger partial charge in [0.15, 0.2) is 0 Å². The van der Waals surface area contributed by atoms with E-state index in [0.29, 0.717) is 11.6 Å². The number of pyridine rings is 1. The SMILES string of the molecule is CC(C)CCC(C)OC(=O)c1ccccn1. The number of aromatic nitrogens is 1. The van der Waals surface area contributed by atoms with Gasteiger partial charge in [-0.15, -0.1) is 0 Å². The second-order valence-electron chi connectivity index (χ2n) is 4.40. The van der Waals surface area contributed by atoms with Crippen molar-refractivity contribution in [3.05, 3.63) is 30.1 Å². The van der Waals surface area contributed by atoms with Gasteiger partial charge in [-0.1, -0.05) is 19.9 Å². The van der Waals surface area contributed by atoms with Crippen LogP contribution in [0.5, 0.6) is 0 Å². The Bertz CT molecular complexity index is 322. The Labute approximate surface area is 96.8 Å². The minimum absolute atomic E-state index is 0.0445. The van der Waals surface area contributed by atoms with Gasteiger partial charge in [-0.2, -0.15) is 0 Å². The van der Waals surface area contributed by atoms with Crippen LogP contribution in [0.3, 0.4) is 0 Å². The molecule has 0 bridgehead atoms. The summed E-state index contributed by atoms with van der Waals surface area (Å²) >= 11 is 0. The average molecular weight is 221 g/mol. The van der Waals surface area contributed by atoms with Crippen molar-refractivity contribution in [2.75, 3.05) is 0 Å². The monoisotopic (exact) mass is 221 g/mol. The average Bonchev–Trinajstić information content (AvgIpc) is 2.27. The van der Waals surface area contributed by atoms with E-state index in [9.17, 15) is 4.79 Å². The lowest BCUT2D eigenvalue weighted by molar-refractivity contribution is 0.0307. The standard InChI is InChI=1S/C13H19NO2/c1-10(2)7-8-11(3)16-13(15)12-6-4-5-9-14-12/h4-6,9-11H,7-8H2,1-3H3. The molecular formula is C13H19NO2. The first kappa shape index (κ1) is 12.7. The van der Waals surface area contributed by atoms with Crippen molar-refractivity contribution in [3.63, 3.8) is 0 Å². The highest BCUT2D eigenvalue weighted by atomic mass is 16.5. The third-order valence-electron chi connectivity index (χ3n) is 2.33. The number of rotatable bonds is 5. The maximum absolute atomic E-state index is 11.6. The molecule has 0 aliphatic rings. The second kappa shape index (κ2) is 6.26. The Balaban J connectivity index is 2.40. The van der Waals surface area contributed by atoms with Crippen LogP contribution in [0.1, 0.15) is 44.1 Å². The van der Waals surface area contributed by atoms with Gasteiger partial charge in [0.05, 0.1) is 6.10 Å². The van der Waals surface area contributed by atoms with Gasteiger partial charge in [-0.25, -0.2) is 9.78 Å². The molecule has 1 aromatic heterocycles. The molecule has 1 atom stereocenters. The fourth-order valence-electron chi connectivity index (χ4n) is 1.35. The Kier molecular flexibility index (Phi) is 4.96. The van der Waals surface area contributed by atoms with Crippen molar-refractivity contribution >= 4 is 5.97 Å². The van der Waals surface area contributed by atoms with E-state index in [-0.39, 0.29) is 12.1 Å². The van der Waals surface area contributed by atoms with Gasteiger partial charge in [0.25, 0.3) is 0 Å². The molecule has 0 radical (unpaired) electrons. The first-order valence-corrected chi connectivity index (χ1v) is 5.71. The second-order valence-corrected chi connectivity index (χ2v) is 4.40. The van der Waals surface area contributed by atoms with Crippen LogP contribution >= 0.6 is 0 Å². The lowest BCUT2D eigenvalue weighted by Crippen LogP contribution is -2.16. The van der Waals surface area contributed by atoms with Crippen molar-refractivity contribution in [1.29, 1.82) is 0 Å². The summed E-state index contributed by atoms with van der Waals surface area (Å²) in [6.07, 6.45) is 3.51. The normalized spacial score (nSPS) is 12.5. The summed E-state index contributed by atoms with van der Waals surface area (Å²) in [5.41, 5.74) is 0.374. The minimum Gasteiger partial charge on any atom is -0.458 e. The summed E-state index contributed by atoms with van der Waals surface area (Å²) < 4.78 is 5.29. The molecule has 1 aromatic rings. The zero-order valence-electron chi connectivity index (χ0n) is 10.1. The molecule has 0 amide bonds. The Morgan fingerprint density at radius 1 is 1.31 bits per heavy atom. The fourth-order valence-corrected chi connectivity index (χ4v) is 1.35. The van der Waals surface area contributed by atoms with Crippen LogP contribution in [-0.4, -0.2) is 17.1 Å². The Morgan fingerprint density at radius 2 is 2.06 bits per heavy atom. The lowest BCUT2D eigenvalue weighted by Gasteiger charge is -2.13. The van der Waals surface area contributed by atoms with Crippen molar-refractivity contribution < 1.29 is 9.53 Å². The summed E-state index contributed by atoms with van der Waals surface area (Å²) in [6.45, 7) is 6.24. The van der Waals surface area contributed by atoms with E-state index >= 15 is 0 Å². The molecule has 3 heteroatoms. The summed E-state index contributed by atoms with van der Waals surface area (Å²) in [7, 11) is 0.